The summed E-state index contributed by atoms with van der Waals surface area (Å²) in [6.07, 6.45) is 0. The van der Waals surface area contributed by atoms with Gasteiger partial charge in [-0.05, 0) is 35.9 Å². The van der Waals surface area contributed by atoms with E-state index in [4.69, 9.17) is 28.9 Å². The van der Waals surface area contributed by atoms with Crippen LogP contribution in [0, 0.1) is 0 Å². The van der Waals surface area contributed by atoms with Gasteiger partial charge in [-0.15, -0.1) is 0 Å². The zero-order chi connectivity index (χ0) is 16.8. The highest BCUT2D eigenvalue weighted by Gasteiger charge is 2.08. The van der Waals surface area contributed by atoms with E-state index in [0.717, 1.165) is 5.56 Å². The summed E-state index contributed by atoms with van der Waals surface area (Å²) < 4.78 is 0. The molecule has 0 aliphatic heterocycles. The maximum Gasteiger partial charge on any atom is 0.250 e. The van der Waals surface area contributed by atoms with Gasteiger partial charge in [0, 0.05) is 17.3 Å². The van der Waals surface area contributed by atoms with Crippen molar-refractivity contribution < 1.29 is 9.59 Å². The van der Waals surface area contributed by atoms with Gasteiger partial charge in [-0.25, -0.2) is 0 Å². The molecule has 0 heterocycles. The molecule has 0 saturated carbocycles. The number of primary amides is 1. The van der Waals surface area contributed by atoms with Crippen LogP contribution < -0.4 is 16.4 Å². The molecule has 2 aromatic rings. The van der Waals surface area contributed by atoms with Gasteiger partial charge in [-0.2, -0.15) is 0 Å². The van der Waals surface area contributed by atoms with Gasteiger partial charge in [0.05, 0.1) is 17.1 Å². The fraction of sp³-hybridized carbons (Fsp3) is 0.125. The number of benzene rings is 2. The predicted molar refractivity (Wildman–Crippen MR) is 91.8 cm³/mol. The normalized spacial score (nSPS) is 10.2. The molecule has 4 N–H and O–H groups in total. The summed E-state index contributed by atoms with van der Waals surface area (Å²) in [5.74, 6) is -0.766. The van der Waals surface area contributed by atoms with Crippen LogP contribution in [0.1, 0.15) is 15.9 Å². The van der Waals surface area contributed by atoms with E-state index < -0.39 is 5.91 Å². The van der Waals surface area contributed by atoms with E-state index in [0.29, 0.717) is 17.3 Å². The van der Waals surface area contributed by atoms with Crippen LogP contribution in [0.25, 0.3) is 0 Å². The fourth-order valence-electron chi connectivity index (χ4n) is 1.87. The van der Waals surface area contributed by atoms with Crippen molar-refractivity contribution >= 4 is 40.7 Å². The van der Waals surface area contributed by atoms with Crippen molar-refractivity contribution in [3.63, 3.8) is 0 Å². The Morgan fingerprint density at radius 2 is 1.74 bits per heavy atom. The van der Waals surface area contributed by atoms with Crippen LogP contribution in [-0.2, 0) is 11.3 Å². The Hall–Kier alpha value is -2.24. The van der Waals surface area contributed by atoms with Gasteiger partial charge in [-0.1, -0.05) is 35.3 Å². The highest BCUT2D eigenvalue weighted by atomic mass is 35.5. The van der Waals surface area contributed by atoms with E-state index >= 15 is 0 Å². The molecule has 0 aromatic heterocycles. The lowest BCUT2D eigenvalue weighted by Crippen LogP contribution is -2.29. The molecule has 0 unspecified atom stereocenters. The standard InChI is InChI=1S/C16H15Cl2N3O2/c17-11-3-1-10(2-4-11)8-21-15(22)9-20-12-5-6-13(16(19)23)14(18)7-12/h1-7,20H,8-9H2,(H2,19,23)(H,21,22). The van der Waals surface area contributed by atoms with Crippen molar-refractivity contribution in [2.75, 3.05) is 11.9 Å². The molecule has 2 rings (SSSR count). The monoisotopic (exact) mass is 351 g/mol. The van der Waals surface area contributed by atoms with Crippen LogP contribution in [0.2, 0.25) is 10.0 Å². The summed E-state index contributed by atoms with van der Waals surface area (Å²) in [6, 6.07) is 11.9. The van der Waals surface area contributed by atoms with Crippen molar-refractivity contribution in [3.05, 3.63) is 63.6 Å². The molecule has 2 amide bonds. The number of hydrogen-bond donors (Lipinski definition) is 3. The molecule has 120 valence electrons. The lowest BCUT2D eigenvalue weighted by Gasteiger charge is -2.09. The first-order valence-electron chi connectivity index (χ1n) is 6.80. The first-order valence-corrected chi connectivity index (χ1v) is 7.55. The van der Waals surface area contributed by atoms with E-state index in [1.165, 1.54) is 6.07 Å². The number of carbonyl (C=O) groups is 2. The highest BCUT2D eigenvalue weighted by Crippen LogP contribution is 2.20. The molecular formula is C16H15Cl2N3O2. The van der Waals surface area contributed by atoms with Crippen LogP contribution in [0.4, 0.5) is 5.69 Å². The van der Waals surface area contributed by atoms with Crippen LogP contribution in [-0.4, -0.2) is 18.4 Å². The van der Waals surface area contributed by atoms with E-state index in [2.05, 4.69) is 10.6 Å². The second kappa shape index (κ2) is 7.85. The predicted octanol–water partition coefficient (Wildman–Crippen LogP) is 2.82. The minimum Gasteiger partial charge on any atom is -0.376 e. The third kappa shape index (κ3) is 5.16. The second-order valence-electron chi connectivity index (χ2n) is 4.82. The number of halogens is 2. The molecule has 0 atom stereocenters. The molecule has 5 nitrogen and oxygen atoms in total. The van der Waals surface area contributed by atoms with Crippen molar-refractivity contribution in [1.82, 2.24) is 5.32 Å². The van der Waals surface area contributed by atoms with Gasteiger partial charge >= 0.3 is 0 Å². The number of rotatable bonds is 6. The van der Waals surface area contributed by atoms with E-state index in [1.807, 2.05) is 12.1 Å². The van der Waals surface area contributed by atoms with Crippen LogP contribution in [0.5, 0.6) is 0 Å². The second-order valence-corrected chi connectivity index (χ2v) is 5.66. The zero-order valence-electron chi connectivity index (χ0n) is 12.1. The molecule has 0 radical (unpaired) electrons. The first kappa shape index (κ1) is 17.1. The largest absolute Gasteiger partial charge is 0.376 e. The van der Waals surface area contributed by atoms with Crippen LogP contribution >= 0.6 is 23.2 Å². The van der Waals surface area contributed by atoms with Crippen molar-refractivity contribution in [1.29, 1.82) is 0 Å². The number of hydrogen-bond acceptors (Lipinski definition) is 3. The first-order chi connectivity index (χ1) is 11.0. The summed E-state index contributed by atoms with van der Waals surface area (Å²) >= 11 is 11.7. The average Bonchev–Trinajstić information content (AvgIpc) is 2.52. The summed E-state index contributed by atoms with van der Waals surface area (Å²) in [7, 11) is 0. The Labute approximate surface area is 143 Å². The average molecular weight is 352 g/mol. The third-order valence-electron chi connectivity index (χ3n) is 3.09. The molecular weight excluding hydrogens is 337 g/mol. The maximum absolute atomic E-state index is 11.8. The summed E-state index contributed by atoms with van der Waals surface area (Å²) in [4.78, 5) is 22.9. The zero-order valence-corrected chi connectivity index (χ0v) is 13.6. The highest BCUT2D eigenvalue weighted by molar-refractivity contribution is 6.34. The number of anilines is 1. The minimum atomic E-state index is -0.595. The molecule has 0 aliphatic carbocycles. The van der Waals surface area contributed by atoms with Gasteiger partial charge < -0.3 is 16.4 Å². The quantitative estimate of drug-likeness (QED) is 0.747. The molecule has 0 spiro atoms. The van der Waals surface area contributed by atoms with E-state index in [-0.39, 0.29) is 23.0 Å². The lowest BCUT2D eigenvalue weighted by atomic mass is 10.2. The summed E-state index contributed by atoms with van der Waals surface area (Å²) in [5.41, 5.74) is 7.00. The van der Waals surface area contributed by atoms with Gasteiger partial charge in [-0.3, -0.25) is 9.59 Å². The van der Waals surface area contributed by atoms with Gasteiger partial charge in [0.15, 0.2) is 0 Å². The molecule has 23 heavy (non-hydrogen) atoms. The maximum atomic E-state index is 11.8. The minimum absolute atomic E-state index is 0.0832. The molecule has 2 aromatic carbocycles. The number of amides is 2. The van der Waals surface area contributed by atoms with Gasteiger partial charge in [0.1, 0.15) is 0 Å². The lowest BCUT2D eigenvalue weighted by molar-refractivity contribution is -0.119. The SMILES string of the molecule is NC(=O)c1ccc(NCC(=O)NCc2ccc(Cl)cc2)cc1Cl. The van der Waals surface area contributed by atoms with Crippen molar-refractivity contribution in [2.45, 2.75) is 6.54 Å². The number of nitrogens with one attached hydrogen (secondary N) is 2. The smallest absolute Gasteiger partial charge is 0.250 e. The third-order valence-corrected chi connectivity index (χ3v) is 3.66. The molecule has 0 aliphatic rings. The van der Waals surface area contributed by atoms with E-state index in [9.17, 15) is 9.59 Å². The molecule has 0 saturated heterocycles. The fourth-order valence-corrected chi connectivity index (χ4v) is 2.27. The topological polar surface area (TPSA) is 84.2 Å². The Morgan fingerprint density at radius 3 is 2.35 bits per heavy atom. The Balaban J connectivity index is 1.83. The number of carbonyl (C=O) groups excluding carboxylic acids is 2. The molecule has 7 heteroatoms. The van der Waals surface area contributed by atoms with Crippen molar-refractivity contribution in [3.8, 4) is 0 Å². The Kier molecular flexibility index (Phi) is 5.84. The number of nitrogens with two attached hydrogens (primary N) is 1. The Morgan fingerprint density at radius 1 is 1.04 bits per heavy atom. The molecule has 0 bridgehead atoms. The van der Waals surface area contributed by atoms with Crippen molar-refractivity contribution in [2.24, 2.45) is 5.73 Å². The van der Waals surface area contributed by atoms with Crippen LogP contribution in [0.15, 0.2) is 42.5 Å². The van der Waals surface area contributed by atoms with E-state index in [1.54, 1.807) is 24.3 Å². The molecule has 0 fully saturated rings. The van der Waals surface area contributed by atoms with Gasteiger partial charge in [0.2, 0.25) is 11.8 Å². The summed E-state index contributed by atoms with van der Waals surface area (Å²) in [5, 5.41) is 6.60. The Bertz CT molecular complexity index is 718. The summed E-state index contributed by atoms with van der Waals surface area (Å²) in [6.45, 7) is 0.499. The van der Waals surface area contributed by atoms with Gasteiger partial charge in [0.25, 0.3) is 0 Å². The van der Waals surface area contributed by atoms with Crippen LogP contribution in [0.3, 0.4) is 0 Å².